The quantitative estimate of drug-likeness (QED) is 0.483. The molecular weight excluding hydrogens is 591 g/mol. The Morgan fingerprint density at radius 3 is 2.37 bits per heavy atom. The molecule has 1 N–H and O–H groups in total. The Kier molecular flexibility index (Phi) is 9.77. The Morgan fingerprint density at radius 1 is 1.02 bits per heavy atom. The van der Waals surface area contributed by atoms with E-state index in [9.17, 15) is 23.9 Å². The second-order valence-electron chi connectivity index (χ2n) is 14.3. The van der Waals surface area contributed by atoms with Gasteiger partial charge in [-0.05, 0) is 82.9 Å². The number of nitrogens with zero attached hydrogens (tertiary/aromatic N) is 4. The van der Waals surface area contributed by atoms with Crippen molar-refractivity contribution >= 4 is 23.7 Å². The Balaban J connectivity index is 1.40. The van der Waals surface area contributed by atoms with Crippen LogP contribution in [0.3, 0.4) is 0 Å². The summed E-state index contributed by atoms with van der Waals surface area (Å²) in [6.45, 7) is 14.9. The standard InChI is InChI=1S/C35H47FN4O6/c1-23-17-38(28(18-37-13-14-45-21-24(37)2)19-39(23)33(44)46-34(3,4)5)20-31(41)40-22-35(6,32(42)43)29-12-9-26(16-30(29)40)15-25-7-10-27(36)11-8-25/h7-12,16,23-24,28H,13-15,17-22H2,1-6H3,(H,42,43)/t23?,24?,28-,35?/m0/s1. The minimum atomic E-state index is -1.26. The zero-order chi connectivity index (χ0) is 33.4. The summed E-state index contributed by atoms with van der Waals surface area (Å²) in [6.07, 6.45) is 0.147. The van der Waals surface area contributed by atoms with Crippen LogP contribution < -0.4 is 4.90 Å². The number of fused-ring (bicyclic) bond motifs is 1. The fraction of sp³-hybridized carbons (Fsp3) is 0.571. The van der Waals surface area contributed by atoms with Crippen LogP contribution in [0.5, 0.6) is 0 Å². The molecule has 2 aromatic carbocycles. The van der Waals surface area contributed by atoms with Crippen molar-refractivity contribution in [3.05, 3.63) is 65.0 Å². The molecule has 3 aliphatic rings. The van der Waals surface area contributed by atoms with Gasteiger partial charge in [0.1, 0.15) is 16.8 Å². The van der Waals surface area contributed by atoms with E-state index < -0.39 is 17.0 Å². The predicted octanol–water partition coefficient (Wildman–Crippen LogP) is 4.14. The number of benzene rings is 2. The molecule has 5 rings (SSSR count). The number of anilines is 1. The summed E-state index contributed by atoms with van der Waals surface area (Å²) in [6, 6.07) is 11.7. The number of ether oxygens (including phenoxy) is 2. The zero-order valence-corrected chi connectivity index (χ0v) is 27.8. The van der Waals surface area contributed by atoms with Gasteiger partial charge in [-0.15, -0.1) is 0 Å². The van der Waals surface area contributed by atoms with Gasteiger partial charge in [0.05, 0.1) is 19.8 Å². The summed E-state index contributed by atoms with van der Waals surface area (Å²) in [5.41, 5.74) is 1.11. The number of morpholine rings is 1. The van der Waals surface area contributed by atoms with Crippen molar-refractivity contribution in [2.45, 2.75) is 77.1 Å². The molecular formula is C35H47FN4O6. The Labute approximate surface area is 271 Å². The van der Waals surface area contributed by atoms with Crippen LogP contribution in [0.25, 0.3) is 0 Å². The van der Waals surface area contributed by atoms with Gasteiger partial charge >= 0.3 is 12.1 Å². The smallest absolute Gasteiger partial charge is 0.410 e. The van der Waals surface area contributed by atoms with E-state index in [0.29, 0.717) is 50.5 Å². The number of amides is 2. The van der Waals surface area contributed by atoms with Gasteiger partial charge < -0.3 is 24.4 Å². The molecule has 10 nitrogen and oxygen atoms in total. The van der Waals surface area contributed by atoms with Crippen molar-refractivity contribution < 1.29 is 33.4 Å². The summed E-state index contributed by atoms with van der Waals surface area (Å²) in [5.74, 6) is -1.49. The van der Waals surface area contributed by atoms with Gasteiger partial charge in [-0.1, -0.05) is 24.3 Å². The fourth-order valence-corrected chi connectivity index (χ4v) is 6.72. The second-order valence-corrected chi connectivity index (χ2v) is 14.3. The van der Waals surface area contributed by atoms with E-state index in [1.54, 1.807) is 34.9 Å². The Bertz CT molecular complexity index is 1450. The van der Waals surface area contributed by atoms with Crippen molar-refractivity contribution in [3.63, 3.8) is 0 Å². The zero-order valence-electron chi connectivity index (χ0n) is 27.8. The maximum Gasteiger partial charge on any atom is 0.410 e. The molecule has 0 bridgehead atoms. The summed E-state index contributed by atoms with van der Waals surface area (Å²) in [7, 11) is 0. The molecule has 0 aromatic heterocycles. The number of carboxylic acid groups (broad SMARTS) is 1. The highest BCUT2D eigenvalue weighted by Gasteiger charge is 2.48. The number of piperazine rings is 1. The van der Waals surface area contributed by atoms with Gasteiger partial charge in [0.2, 0.25) is 5.91 Å². The summed E-state index contributed by atoms with van der Waals surface area (Å²) >= 11 is 0. The largest absolute Gasteiger partial charge is 0.481 e. The third kappa shape index (κ3) is 7.37. The fourth-order valence-electron chi connectivity index (χ4n) is 6.72. The number of aliphatic carboxylic acids is 1. The third-order valence-electron chi connectivity index (χ3n) is 9.39. The van der Waals surface area contributed by atoms with Crippen LogP contribution in [0, 0.1) is 5.82 Å². The molecule has 3 unspecified atom stereocenters. The molecule has 2 saturated heterocycles. The first kappa shape index (κ1) is 33.8. The Morgan fingerprint density at radius 2 is 1.72 bits per heavy atom. The lowest BCUT2D eigenvalue weighted by molar-refractivity contribution is -0.142. The maximum atomic E-state index is 14.2. The highest BCUT2D eigenvalue weighted by atomic mass is 19.1. The molecule has 3 heterocycles. The van der Waals surface area contributed by atoms with Crippen molar-refractivity contribution in [1.82, 2.24) is 14.7 Å². The number of hydrogen-bond acceptors (Lipinski definition) is 7. The molecule has 0 spiro atoms. The lowest BCUT2D eigenvalue weighted by atomic mass is 9.84. The van der Waals surface area contributed by atoms with E-state index in [-0.39, 0.29) is 49.0 Å². The highest BCUT2D eigenvalue weighted by molar-refractivity contribution is 6.01. The van der Waals surface area contributed by atoms with Crippen molar-refractivity contribution in [2.24, 2.45) is 0 Å². The minimum Gasteiger partial charge on any atom is -0.481 e. The number of carbonyl (C=O) groups excluding carboxylic acids is 2. The molecule has 250 valence electrons. The molecule has 0 radical (unpaired) electrons. The summed E-state index contributed by atoms with van der Waals surface area (Å²) < 4.78 is 24.9. The van der Waals surface area contributed by atoms with E-state index in [1.165, 1.54) is 12.1 Å². The lowest BCUT2D eigenvalue weighted by Gasteiger charge is -2.47. The van der Waals surface area contributed by atoms with Crippen LogP contribution in [0.15, 0.2) is 42.5 Å². The lowest BCUT2D eigenvalue weighted by Crippen LogP contribution is -2.64. The van der Waals surface area contributed by atoms with Crippen molar-refractivity contribution in [1.29, 1.82) is 0 Å². The van der Waals surface area contributed by atoms with E-state index >= 15 is 0 Å². The summed E-state index contributed by atoms with van der Waals surface area (Å²) in [4.78, 5) is 47.8. The van der Waals surface area contributed by atoms with Crippen LogP contribution in [0.1, 0.15) is 58.2 Å². The van der Waals surface area contributed by atoms with Gasteiger partial charge in [0.15, 0.2) is 0 Å². The van der Waals surface area contributed by atoms with Crippen molar-refractivity contribution in [3.8, 4) is 0 Å². The molecule has 2 fully saturated rings. The van der Waals surface area contributed by atoms with E-state index in [0.717, 1.165) is 17.7 Å². The van der Waals surface area contributed by atoms with Gasteiger partial charge in [-0.2, -0.15) is 0 Å². The molecule has 2 aromatic rings. The normalized spacial score (nSPS) is 25.8. The second kappa shape index (κ2) is 13.3. The van der Waals surface area contributed by atoms with E-state index in [4.69, 9.17) is 9.47 Å². The van der Waals surface area contributed by atoms with Crippen LogP contribution in [0.4, 0.5) is 14.9 Å². The van der Waals surface area contributed by atoms with Crippen LogP contribution >= 0.6 is 0 Å². The van der Waals surface area contributed by atoms with Crippen LogP contribution in [0.2, 0.25) is 0 Å². The molecule has 0 aliphatic carbocycles. The van der Waals surface area contributed by atoms with E-state index in [2.05, 4.69) is 16.7 Å². The molecule has 3 aliphatic heterocycles. The van der Waals surface area contributed by atoms with Gasteiger partial charge in [0.25, 0.3) is 0 Å². The SMILES string of the molecule is CC1COCCN1C[C@H]1CN(C(=O)OC(C)(C)C)C(C)CN1CC(=O)N1CC(C)(C(=O)O)c2ccc(Cc3ccc(F)cc3)cc21. The average molecular weight is 639 g/mol. The van der Waals surface area contributed by atoms with Gasteiger partial charge in [0, 0.05) is 56.5 Å². The first-order valence-corrected chi connectivity index (χ1v) is 16.1. The van der Waals surface area contributed by atoms with Crippen molar-refractivity contribution in [2.75, 3.05) is 57.4 Å². The summed E-state index contributed by atoms with van der Waals surface area (Å²) in [5, 5.41) is 10.3. The topological polar surface area (TPSA) is 103 Å². The van der Waals surface area contributed by atoms with E-state index in [1.807, 2.05) is 39.8 Å². The number of hydrogen-bond donors (Lipinski definition) is 1. The number of halogens is 1. The first-order valence-electron chi connectivity index (χ1n) is 16.1. The van der Waals surface area contributed by atoms with Gasteiger partial charge in [-0.3, -0.25) is 19.4 Å². The first-order chi connectivity index (χ1) is 21.6. The van der Waals surface area contributed by atoms with Gasteiger partial charge in [-0.25, -0.2) is 9.18 Å². The third-order valence-corrected chi connectivity index (χ3v) is 9.39. The maximum absolute atomic E-state index is 14.2. The Hall–Kier alpha value is -3.54. The van der Waals surface area contributed by atoms with Crippen LogP contribution in [-0.2, 0) is 30.9 Å². The van der Waals surface area contributed by atoms with Crippen LogP contribution in [-0.4, -0.2) is 114 Å². The average Bonchev–Trinajstić information content (AvgIpc) is 3.29. The predicted molar refractivity (Wildman–Crippen MR) is 173 cm³/mol. The molecule has 2 amide bonds. The monoisotopic (exact) mass is 638 g/mol. The highest BCUT2D eigenvalue weighted by Crippen LogP contribution is 2.42. The number of carbonyl (C=O) groups is 3. The molecule has 0 saturated carbocycles. The molecule has 11 heteroatoms. The minimum absolute atomic E-state index is 0.0229. The molecule has 46 heavy (non-hydrogen) atoms. The molecule has 4 atom stereocenters. The number of carboxylic acids is 1. The number of rotatable bonds is 7.